The van der Waals surface area contributed by atoms with Crippen LogP contribution < -0.4 is 15.4 Å². The zero-order chi connectivity index (χ0) is 19.2. The molecule has 0 saturated carbocycles. The number of ether oxygens (including phenoxy) is 1. The molecule has 1 heterocycles. The number of aromatic nitrogens is 2. The fourth-order valence-corrected chi connectivity index (χ4v) is 2.68. The highest BCUT2D eigenvalue weighted by molar-refractivity contribution is 5.74. The quantitative estimate of drug-likeness (QED) is 0.670. The van der Waals surface area contributed by atoms with E-state index in [1.54, 1.807) is 13.2 Å². The van der Waals surface area contributed by atoms with E-state index in [4.69, 9.17) is 4.74 Å². The zero-order valence-corrected chi connectivity index (χ0v) is 16.2. The molecule has 1 aromatic heterocycles. The summed E-state index contributed by atoms with van der Waals surface area (Å²) in [4.78, 5) is 20.1. The average Bonchev–Trinajstić information content (AvgIpc) is 2.60. The molecule has 6 nitrogen and oxygen atoms in total. The van der Waals surface area contributed by atoms with Crippen LogP contribution >= 0.6 is 0 Å². The fourth-order valence-electron chi connectivity index (χ4n) is 2.68. The number of nitrogens with one attached hydrogen (secondary N) is 2. The maximum Gasteiger partial charge on any atom is 0.229 e. The molecule has 0 aliphatic heterocycles. The van der Waals surface area contributed by atoms with E-state index in [-0.39, 0.29) is 11.5 Å². The number of rotatable bonds is 8. The van der Waals surface area contributed by atoms with Gasteiger partial charge in [-0.2, -0.15) is 4.98 Å². The third-order valence-electron chi connectivity index (χ3n) is 4.14. The van der Waals surface area contributed by atoms with Crippen LogP contribution in [0.25, 0.3) is 0 Å². The predicted molar refractivity (Wildman–Crippen MR) is 105 cm³/mol. The first-order valence-electron chi connectivity index (χ1n) is 8.87. The van der Waals surface area contributed by atoms with Crippen molar-refractivity contribution in [2.24, 2.45) is 5.41 Å². The van der Waals surface area contributed by atoms with Crippen LogP contribution in [-0.2, 0) is 0 Å². The Bertz CT molecular complexity index is 741. The second-order valence-electron chi connectivity index (χ2n) is 7.33. The second kappa shape index (κ2) is 8.65. The van der Waals surface area contributed by atoms with E-state index in [1.807, 2.05) is 24.3 Å². The van der Waals surface area contributed by atoms with Gasteiger partial charge in [0.15, 0.2) is 6.29 Å². The summed E-state index contributed by atoms with van der Waals surface area (Å²) in [5, 5.41) is 6.61. The van der Waals surface area contributed by atoms with E-state index in [9.17, 15) is 4.79 Å². The molecule has 0 bridgehead atoms. The summed E-state index contributed by atoms with van der Waals surface area (Å²) in [5.74, 6) is 1.74. The summed E-state index contributed by atoms with van der Waals surface area (Å²) in [6.45, 7) is 8.74. The van der Waals surface area contributed by atoms with Gasteiger partial charge in [0.1, 0.15) is 17.3 Å². The maximum atomic E-state index is 11.3. The molecule has 1 atom stereocenters. The van der Waals surface area contributed by atoms with Crippen molar-refractivity contribution in [1.82, 2.24) is 9.97 Å². The van der Waals surface area contributed by atoms with Gasteiger partial charge in [-0.3, -0.25) is 4.79 Å². The fraction of sp³-hybridized carbons (Fsp3) is 0.450. The maximum absolute atomic E-state index is 11.3. The highest BCUT2D eigenvalue weighted by Crippen LogP contribution is 2.27. The lowest BCUT2D eigenvalue weighted by atomic mass is 9.84. The van der Waals surface area contributed by atoms with Crippen molar-refractivity contribution in [1.29, 1.82) is 0 Å². The van der Waals surface area contributed by atoms with Crippen molar-refractivity contribution in [2.45, 2.75) is 46.6 Å². The van der Waals surface area contributed by atoms with E-state index in [0.717, 1.165) is 30.6 Å². The van der Waals surface area contributed by atoms with Gasteiger partial charge in [0.05, 0.1) is 7.11 Å². The summed E-state index contributed by atoms with van der Waals surface area (Å²) in [6.07, 6.45) is 2.81. The summed E-state index contributed by atoms with van der Waals surface area (Å²) >= 11 is 0. The molecule has 0 radical (unpaired) electrons. The molecule has 6 heteroatoms. The van der Waals surface area contributed by atoms with Gasteiger partial charge in [0.25, 0.3) is 0 Å². The van der Waals surface area contributed by atoms with Crippen molar-refractivity contribution in [3.8, 4) is 5.75 Å². The Balaban J connectivity index is 2.28. The SMILES string of the molecule is CCCC(Nc1cc(C=O)nc(Nc2cccc(OC)c2)n1)C(C)(C)C. The minimum atomic E-state index is 0.0721. The average molecular weight is 356 g/mol. The van der Waals surface area contributed by atoms with E-state index < -0.39 is 0 Å². The zero-order valence-electron chi connectivity index (χ0n) is 16.2. The molecule has 0 saturated heterocycles. The number of carbonyl (C=O) groups is 1. The van der Waals surface area contributed by atoms with Crippen LogP contribution in [-0.4, -0.2) is 29.4 Å². The number of hydrogen-bond acceptors (Lipinski definition) is 6. The third kappa shape index (κ3) is 5.44. The summed E-state index contributed by atoms with van der Waals surface area (Å²) < 4.78 is 5.23. The first-order chi connectivity index (χ1) is 12.4. The van der Waals surface area contributed by atoms with Gasteiger partial charge in [-0.25, -0.2) is 4.98 Å². The molecule has 1 aromatic carbocycles. The van der Waals surface area contributed by atoms with Crippen LogP contribution in [0.3, 0.4) is 0 Å². The van der Waals surface area contributed by atoms with Crippen LogP contribution in [0.5, 0.6) is 5.75 Å². The lowest BCUT2D eigenvalue weighted by molar-refractivity contribution is 0.111. The van der Waals surface area contributed by atoms with E-state index in [1.165, 1.54) is 0 Å². The topological polar surface area (TPSA) is 76.1 Å². The number of methoxy groups -OCH3 is 1. The molecule has 2 N–H and O–H groups in total. The molecular formula is C20H28N4O2. The summed E-state index contributed by atoms with van der Waals surface area (Å²) in [7, 11) is 1.62. The number of carbonyl (C=O) groups excluding carboxylic acids is 1. The normalized spacial score (nSPS) is 12.3. The lowest BCUT2D eigenvalue weighted by Gasteiger charge is -2.32. The molecule has 0 aliphatic carbocycles. The summed E-state index contributed by atoms with van der Waals surface area (Å²) in [5.41, 5.74) is 1.19. The van der Waals surface area contributed by atoms with Crippen LogP contribution in [0, 0.1) is 5.41 Å². The Morgan fingerprint density at radius 2 is 2.00 bits per heavy atom. The van der Waals surface area contributed by atoms with Gasteiger partial charge in [0.2, 0.25) is 5.95 Å². The molecule has 2 rings (SSSR count). The van der Waals surface area contributed by atoms with E-state index >= 15 is 0 Å². The molecule has 0 spiro atoms. The van der Waals surface area contributed by atoms with Crippen molar-refractivity contribution in [3.63, 3.8) is 0 Å². The van der Waals surface area contributed by atoms with Gasteiger partial charge in [-0.15, -0.1) is 0 Å². The standard InChI is InChI=1S/C20H28N4O2/c1-6-8-17(20(2,3)4)23-18-12-15(13-25)22-19(24-18)21-14-9-7-10-16(11-14)26-5/h7,9-13,17H,6,8H2,1-5H3,(H2,21,22,23,24). The predicted octanol–water partition coefficient (Wildman–Crippen LogP) is 4.67. The first-order valence-corrected chi connectivity index (χ1v) is 8.87. The van der Waals surface area contributed by atoms with E-state index in [0.29, 0.717) is 17.5 Å². The Morgan fingerprint density at radius 3 is 2.62 bits per heavy atom. The first kappa shape index (κ1) is 19.7. The van der Waals surface area contributed by atoms with Gasteiger partial charge in [0, 0.05) is 23.9 Å². The molecule has 0 fully saturated rings. The smallest absolute Gasteiger partial charge is 0.229 e. The Hall–Kier alpha value is -2.63. The van der Waals surface area contributed by atoms with Crippen LogP contribution in [0.15, 0.2) is 30.3 Å². The van der Waals surface area contributed by atoms with E-state index in [2.05, 4.69) is 48.3 Å². The Kier molecular flexibility index (Phi) is 6.55. The van der Waals surface area contributed by atoms with Gasteiger partial charge in [-0.05, 0) is 24.0 Å². The van der Waals surface area contributed by atoms with Crippen LogP contribution in [0.4, 0.5) is 17.5 Å². The number of anilines is 3. The van der Waals surface area contributed by atoms with Crippen molar-refractivity contribution in [2.75, 3.05) is 17.7 Å². The highest BCUT2D eigenvalue weighted by Gasteiger charge is 2.24. The number of aldehydes is 1. The van der Waals surface area contributed by atoms with Crippen molar-refractivity contribution >= 4 is 23.7 Å². The minimum absolute atomic E-state index is 0.0721. The molecule has 2 aromatic rings. The van der Waals surface area contributed by atoms with Gasteiger partial charge < -0.3 is 15.4 Å². The summed E-state index contributed by atoms with van der Waals surface area (Å²) in [6, 6.07) is 9.39. The molecule has 0 aliphatic rings. The monoisotopic (exact) mass is 356 g/mol. The van der Waals surface area contributed by atoms with Gasteiger partial charge in [-0.1, -0.05) is 40.2 Å². The number of nitrogens with zero attached hydrogens (tertiary/aromatic N) is 2. The highest BCUT2D eigenvalue weighted by atomic mass is 16.5. The lowest BCUT2D eigenvalue weighted by Crippen LogP contribution is -2.34. The number of hydrogen-bond donors (Lipinski definition) is 2. The van der Waals surface area contributed by atoms with Crippen molar-refractivity contribution < 1.29 is 9.53 Å². The van der Waals surface area contributed by atoms with Crippen LogP contribution in [0.2, 0.25) is 0 Å². The second-order valence-corrected chi connectivity index (χ2v) is 7.33. The Labute approximate surface area is 155 Å². The Morgan fingerprint density at radius 1 is 1.23 bits per heavy atom. The van der Waals surface area contributed by atoms with Crippen molar-refractivity contribution in [3.05, 3.63) is 36.0 Å². The molecular weight excluding hydrogens is 328 g/mol. The molecule has 0 amide bonds. The molecule has 26 heavy (non-hydrogen) atoms. The third-order valence-corrected chi connectivity index (χ3v) is 4.14. The largest absolute Gasteiger partial charge is 0.497 e. The molecule has 1 unspecified atom stereocenters. The minimum Gasteiger partial charge on any atom is -0.497 e. The van der Waals surface area contributed by atoms with Gasteiger partial charge >= 0.3 is 0 Å². The number of benzene rings is 1. The van der Waals surface area contributed by atoms with Crippen LogP contribution in [0.1, 0.15) is 51.0 Å². The molecule has 140 valence electrons.